The van der Waals surface area contributed by atoms with Crippen LogP contribution in [0.5, 0.6) is 0 Å². The van der Waals surface area contributed by atoms with Crippen molar-refractivity contribution in [1.82, 2.24) is 5.32 Å². The number of ketones is 1. The Labute approximate surface area is 75.7 Å². The summed E-state index contributed by atoms with van der Waals surface area (Å²) in [4.78, 5) is 25.1. The largest absolute Gasteiger partial charge is 0.382 e. The number of rotatable bonds is 4. The Morgan fingerprint density at radius 1 is 1.54 bits per heavy atom. The quantitative estimate of drug-likeness (QED) is 0.564. The highest BCUT2D eigenvalue weighted by molar-refractivity contribution is 6.35. The van der Waals surface area contributed by atoms with E-state index in [9.17, 15) is 9.59 Å². The van der Waals surface area contributed by atoms with Crippen LogP contribution in [0.1, 0.15) is 12.8 Å². The zero-order chi connectivity index (χ0) is 9.68. The third-order valence-corrected chi connectivity index (χ3v) is 1.69. The Morgan fingerprint density at radius 2 is 2.31 bits per heavy atom. The number of primary amides is 1. The van der Waals surface area contributed by atoms with Crippen LogP contribution in [0, 0.1) is 0 Å². The summed E-state index contributed by atoms with van der Waals surface area (Å²) in [6.45, 7) is 0. The molecule has 0 radical (unpaired) electrons. The van der Waals surface area contributed by atoms with Crippen molar-refractivity contribution in [2.24, 2.45) is 10.7 Å². The first kappa shape index (κ1) is 9.44. The minimum Gasteiger partial charge on any atom is -0.382 e. The van der Waals surface area contributed by atoms with Crippen LogP contribution in [0.15, 0.2) is 17.4 Å². The highest BCUT2D eigenvalue weighted by Crippen LogP contribution is 1.99. The van der Waals surface area contributed by atoms with Gasteiger partial charge in [0.15, 0.2) is 0 Å². The van der Waals surface area contributed by atoms with E-state index in [0.717, 1.165) is 0 Å². The third kappa shape index (κ3) is 3.06. The van der Waals surface area contributed by atoms with Gasteiger partial charge < -0.3 is 11.1 Å². The van der Waals surface area contributed by atoms with Crippen LogP contribution in [0.4, 0.5) is 0 Å². The summed E-state index contributed by atoms with van der Waals surface area (Å²) in [5.74, 6) is -1.41. The lowest BCUT2D eigenvalue weighted by molar-refractivity contribution is -0.136. The summed E-state index contributed by atoms with van der Waals surface area (Å²) in [5, 5.41) is 2.98. The lowest BCUT2D eigenvalue weighted by Crippen LogP contribution is -2.30. The molecule has 0 saturated heterocycles. The molecule has 70 valence electrons. The molecule has 1 amide bonds. The van der Waals surface area contributed by atoms with Crippen molar-refractivity contribution in [3.8, 4) is 0 Å². The zero-order valence-corrected chi connectivity index (χ0v) is 7.06. The molecule has 1 atom stereocenters. The average Bonchev–Trinajstić information content (AvgIpc) is 2.15. The number of Topliss-reactive ketones (excluding diaryl/α,β-unsaturated/α-hetero) is 1. The Kier molecular flexibility index (Phi) is 3.19. The normalized spacial score (nSPS) is 19.5. The number of nitrogens with zero attached hydrogens (tertiary/aromatic N) is 1. The highest BCUT2D eigenvalue weighted by Gasteiger charge is 2.12. The van der Waals surface area contributed by atoms with Crippen molar-refractivity contribution in [2.75, 3.05) is 0 Å². The fourth-order valence-corrected chi connectivity index (χ4v) is 0.974. The molecule has 3 N–H and O–H groups in total. The fraction of sp³-hybridized carbons (Fsp3) is 0.375. The number of hydrogen-bond acceptors (Lipinski definition) is 4. The van der Waals surface area contributed by atoms with E-state index >= 15 is 0 Å². The van der Waals surface area contributed by atoms with E-state index in [1.54, 1.807) is 18.6 Å². The number of carbonyl (C=O) groups excluding carboxylic acids is 2. The van der Waals surface area contributed by atoms with Crippen LogP contribution in [-0.2, 0) is 9.59 Å². The van der Waals surface area contributed by atoms with Crippen molar-refractivity contribution in [1.29, 1.82) is 0 Å². The van der Waals surface area contributed by atoms with Crippen molar-refractivity contribution in [2.45, 2.75) is 18.9 Å². The maximum absolute atomic E-state index is 10.8. The maximum atomic E-state index is 10.8. The number of nitrogens with two attached hydrogens (primary N) is 1. The topological polar surface area (TPSA) is 84.6 Å². The van der Waals surface area contributed by atoms with Crippen molar-refractivity contribution in [3.05, 3.63) is 12.4 Å². The predicted octanol–water partition coefficient (Wildman–Crippen LogP) is -0.665. The van der Waals surface area contributed by atoms with Crippen LogP contribution in [0.3, 0.4) is 0 Å². The molecule has 1 unspecified atom stereocenters. The summed E-state index contributed by atoms with van der Waals surface area (Å²) >= 11 is 0. The van der Waals surface area contributed by atoms with Gasteiger partial charge in [0.25, 0.3) is 5.91 Å². The van der Waals surface area contributed by atoms with Crippen molar-refractivity contribution in [3.63, 3.8) is 0 Å². The van der Waals surface area contributed by atoms with E-state index in [1.165, 1.54) is 0 Å². The van der Waals surface area contributed by atoms with E-state index in [1.807, 2.05) is 0 Å². The molecule has 0 bridgehead atoms. The second kappa shape index (κ2) is 4.39. The van der Waals surface area contributed by atoms with Crippen LogP contribution < -0.4 is 11.1 Å². The third-order valence-electron chi connectivity index (χ3n) is 1.69. The summed E-state index contributed by atoms with van der Waals surface area (Å²) < 4.78 is 0. The first-order valence-electron chi connectivity index (χ1n) is 3.97. The van der Waals surface area contributed by atoms with Gasteiger partial charge in [-0.25, -0.2) is 0 Å². The molecule has 1 aliphatic heterocycles. The molecule has 0 fully saturated rings. The lowest BCUT2D eigenvalue weighted by atomic mass is 10.1. The first-order chi connectivity index (χ1) is 6.20. The molecule has 0 aromatic carbocycles. The summed E-state index contributed by atoms with van der Waals surface area (Å²) in [5.41, 5.74) is 4.80. The lowest BCUT2D eigenvalue weighted by Gasteiger charge is -2.13. The molecule has 1 heterocycles. The van der Waals surface area contributed by atoms with E-state index in [2.05, 4.69) is 10.3 Å². The molecule has 5 nitrogen and oxygen atoms in total. The Morgan fingerprint density at radius 3 is 2.85 bits per heavy atom. The smallest absolute Gasteiger partial charge is 0.284 e. The van der Waals surface area contributed by atoms with E-state index in [4.69, 9.17) is 5.73 Å². The van der Waals surface area contributed by atoms with Crippen LogP contribution >= 0.6 is 0 Å². The molecule has 0 aromatic rings. The Bertz CT molecular complexity index is 271. The zero-order valence-electron chi connectivity index (χ0n) is 7.06. The fourth-order valence-electron chi connectivity index (χ4n) is 0.974. The minimum atomic E-state index is -0.872. The van der Waals surface area contributed by atoms with Gasteiger partial charge in [0, 0.05) is 25.0 Å². The molecular formula is C8H11N3O2. The number of aliphatic imine (C=N–C) groups is 1. The standard InChI is InChI=1S/C8H11N3O2/c9-8(13)7(12)2-1-6-5-10-3-4-11-6/h3-6,11H,1-2H2,(H2,9,13). The SMILES string of the molecule is NC(=O)C(=O)CCC1C=NC=CN1. The number of carbonyl (C=O) groups is 2. The monoisotopic (exact) mass is 181 g/mol. The Hall–Kier alpha value is -1.65. The van der Waals surface area contributed by atoms with Gasteiger partial charge in [-0.1, -0.05) is 0 Å². The predicted molar refractivity (Wildman–Crippen MR) is 48.0 cm³/mol. The number of nitrogens with one attached hydrogen (secondary N) is 1. The molecule has 0 aliphatic carbocycles. The van der Waals surface area contributed by atoms with Gasteiger partial charge in [0.1, 0.15) is 0 Å². The van der Waals surface area contributed by atoms with Crippen molar-refractivity contribution >= 4 is 17.9 Å². The van der Waals surface area contributed by atoms with Crippen LogP contribution in [-0.4, -0.2) is 23.9 Å². The van der Waals surface area contributed by atoms with Gasteiger partial charge in [0.05, 0.1) is 6.04 Å². The summed E-state index contributed by atoms with van der Waals surface area (Å²) in [6, 6.07) is 0.0216. The first-order valence-corrected chi connectivity index (χ1v) is 3.97. The highest BCUT2D eigenvalue weighted by atomic mass is 16.2. The molecule has 0 aromatic heterocycles. The molecule has 5 heteroatoms. The minimum absolute atomic E-state index is 0.0216. The molecule has 1 rings (SSSR count). The number of hydrogen-bond donors (Lipinski definition) is 2. The molecular weight excluding hydrogens is 170 g/mol. The van der Waals surface area contributed by atoms with E-state index in [0.29, 0.717) is 6.42 Å². The van der Waals surface area contributed by atoms with Crippen molar-refractivity contribution < 1.29 is 9.59 Å². The van der Waals surface area contributed by atoms with Gasteiger partial charge in [-0.3, -0.25) is 14.6 Å². The molecule has 0 spiro atoms. The van der Waals surface area contributed by atoms with Gasteiger partial charge in [-0.15, -0.1) is 0 Å². The van der Waals surface area contributed by atoms with E-state index < -0.39 is 11.7 Å². The molecule has 1 aliphatic rings. The molecule has 13 heavy (non-hydrogen) atoms. The van der Waals surface area contributed by atoms with Gasteiger partial charge >= 0.3 is 0 Å². The second-order valence-electron chi connectivity index (χ2n) is 2.71. The summed E-state index contributed by atoms with van der Waals surface area (Å²) in [6.07, 6.45) is 5.70. The Balaban J connectivity index is 2.27. The molecule has 0 saturated carbocycles. The average molecular weight is 181 g/mol. The van der Waals surface area contributed by atoms with Gasteiger partial charge in [-0.2, -0.15) is 0 Å². The van der Waals surface area contributed by atoms with Crippen LogP contribution in [0.2, 0.25) is 0 Å². The van der Waals surface area contributed by atoms with Crippen LogP contribution in [0.25, 0.3) is 0 Å². The second-order valence-corrected chi connectivity index (χ2v) is 2.71. The maximum Gasteiger partial charge on any atom is 0.284 e. The summed E-state index contributed by atoms with van der Waals surface area (Å²) in [7, 11) is 0. The van der Waals surface area contributed by atoms with E-state index in [-0.39, 0.29) is 12.5 Å². The van der Waals surface area contributed by atoms with Gasteiger partial charge in [0.2, 0.25) is 5.78 Å². The number of amides is 1. The van der Waals surface area contributed by atoms with Gasteiger partial charge in [-0.05, 0) is 6.42 Å².